The molecule has 1 aromatic carbocycles. The number of hydrogen-bond donors (Lipinski definition) is 2. The van der Waals surface area contributed by atoms with Crippen LogP contribution < -0.4 is 0 Å². The van der Waals surface area contributed by atoms with E-state index in [1.807, 2.05) is 30.3 Å². The van der Waals surface area contributed by atoms with Crippen molar-refractivity contribution in [3.05, 3.63) is 60.3 Å². The van der Waals surface area contributed by atoms with Gasteiger partial charge in [-0.15, -0.1) is 0 Å². The Morgan fingerprint density at radius 2 is 2.12 bits per heavy atom. The molecule has 4 rings (SSSR count). The van der Waals surface area contributed by atoms with E-state index in [1.54, 1.807) is 17.4 Å². The van der Waals surface area contributed by atoms with Gasteiger partial charge in [0.1, 0.15) is 0 Å². The van der Waals surface area contributed by atoms with Crippen LogP contribution >= 0.6 is 0 Å². The maximum atomic E-state index is 12.4. The second-order valence-corrected chi connectivity index (χ2v) is 6.58. The highest BCUT2D eigenvalue weighted by Crippen LogP contribution is 2.23. The molecular formula is C19H20N4O2. The maximum Gasteiger partial charge on any atom is 0.228 e. The van der Waals surface area contributed by atoms with E-state index in [9.17, 15) is 9.90 Å². The first kappa shape index (κ1) is 15.8. The summed E-state index contributed by atoms with van der Waals surface area (Å²) in [6.07, 6.45) is 3.66. The van der Waals surface area contributed by atoms with E-state index in [-0.39, 0.29) is 18.2 Å². The number of nitrogens with one attached hydrogen (secondary N) is 1. The quantitative estimate of drug-likeness (QED) is 0.757. The maximum absolute atomic E-state index is 12.4. The number of amides is 1. The van der Waals surface area contributed by atoms with E-state index < -0.39 is 6.10 Å². The number of carbonyl (C=O) groups is 1. The summed E-state index contributed by atoms with van der Waals surface area (Å²) in [5, 5.41) is 11.5. The van der Waals surface area contributed by atoms with Crippen LogP contribution in [0.25, 0.3) is 10.9 Å². The lowest BCUT2D eigenvalue weighted by atomic mass is 9.99. The van der Waals surface area contributed by atoms with Crippen LogP contribution in [0.1, 0.15) is 11.4 Å². The standard InChI is InChI=1S/C19H20N4O2/c24-18-11-23(19(25)8-16-9-20-12-21-16)10-14(18)7-15-6-5-13-3-1-2-4-17(13)22-15/h1-6,9,12,14,18,24H,7-8,10-11H2,(H,20,21)/t14-,18-/m1/s1. The van der Waals surface area contributed by atoms with Gasteiger partial charge in [0.05, 0.1) is 24.4 Å². The molecule has 1 fully saturated rings. The van der Waals surface area contributed by atoms with Gasteiger partial charge in [-0.3, -0.25) is 9.78 Å². The van der Waals surface area contributed by atoms with E-state index in [4.69, 9.17) is 0 Å². The number of imidazole rings is 1. The number of nitrogens with zero attached hydrogens (tertiary/aromatic N) is 3. The van der Waals surface area contributed by atoms with E-state index >= 15 is 0 Å². The summed E-state index contributed by atoms with van der Waals surface area (Å²) >= 11 is 0. The predicted molar refractivity (Wildman–Crippen MR) is 93.8 cm³/mol. The number of pyridine rings is 1. The zero-order valence-electron chi connectivity index (χ0n) is 13.8. The van der Waals surface area contributed by atoms with Gasteiger partial charge in [-0.1, -0.05) is 24.3 Å². The fraction of sp³-hybridized carbons (Fsp3) is 0.316. The van der Waals surface area contributed by atoms with Crippen molar-refractivity contribution in [1.82, 2.24) is 19.9 Å². The average Bonchev–Trinajstić information content (AvgIpc) is 3.25. The summed E-state index contributed by atoms with van der Waals surface area (Å²) < 4.78 is 0. The van der Waals surface area contributed by atoms with Crippen molar-refractivity contribution in [1.29, 1.82) is 0 Å². The zero-order chi connectivity index (χ0) is 17.2. The molecule has 0 spiro atoms. The Morgan fingerprint density at radius 3 is 2.96 bits per heavy atom. The molecular weight excluding hydrogens is 316 g/mol. The van der Waals surface area contributed by atoms with Crippen molar-refractivity contribution in [3.8, 4) is 0 Å². The third-order valence-corrected chi connectivity index (χ3v) is 4.78. The summed E-state index contributed by atoms with van der Waals surface area (Å²) in [5.41, 5.74) is 2.70. The van der Waals surface area contributed by atoms with Gasteiger partial charge >= 0.3 is 0 Å². The first-order chi connectivity index (χ1) is 12.2. The normalized spacial score (nSPS) is 20.3. The van der Waals surface area contributed by atoms with E-state index in [2.05, 4.69) is 21.0 Å². The Morgan fingerprint density at radius 1 is 1.24 bits per heavy atom. The largest absolute Gasteiger partial charge is 0.391 e. The van der Waals surface area contributed by atoms with E-state index in [1.165, 1.54) is 0 Å². The minimum absolute atomic E-state index is 0.0114. The molecule has 1 aliphatic heterocycles. The molecule has 6 heteroatoms. The Hall–Kier alpha value is -2.73. The number of aromatic nitrogens is 3. The van der Waals surface area contributed by atoms with Crippen LogP contribution in [0.2, 0.25) is 0 Å². The molecule has 128 valence electrons. The third-order valence-electron chi connectivity index (χ3n) is 4.78. The number of fused-ring (bicyclic) bond motifs is 1. The highest BCUT2D eigenvalue weighted by atomic mass is 16.3. The van der Waals surface area contributed by atoms with Gasteiger partial charge in [-0.05, 0) is 18.6 Å². The summed E-state index contributed by atoms with van der Waals surface area (Å²) in [7, 11) is 0. The molecule has 6 nitrogen and oxygen atoms in total. The number of rotatable bonds is 4. The molecule has 1 amide bonds. The minimum atomic E-state index is -0.515. The summed E-state index contributed by atoms with van der Waals surface area (Å²) in [6.45, 7) is 0.938. The van der Waals surface area contributed by atoms with Gasteiger partial charge in [0.2, 0.25) is 5.91 Å². The van der Waals surface area contributed by atoms with Gasteiger partial charge in [0, 0.05) is 42.0 Å². The molecule has 2 atom stereocenters. The van der Waals surface area contributed by atoms with Crippen molar-refractivity contribution in [2.45, 2.75) is 18.9 Å². The van der Waals surface area contributed by atoms with Crippen LogP contribution in [0.4, 0.5) is 0 Å². The summed E-state index contributed by atoms with van der Waals surface area (Å²) in [5.74, 6) is 0.0247. The van der Waals surface area contributed by atoms with Crippen molar-refractivity contribution in [2.75, 3.05) is 13.1 Å². The lowest BCUT2D eigenvalue weighted by Gasteiger charge is -2.15. The van der Waals surface area contributed by atoms with Gasteiger partial charge < -0.3 is 15.0 Å². The number of β-amino-alcohol motifs (C(OH)–C–C–N with tert-alkyl or cyclic N) is 1. The molecule has 25 heavy (non-hydrogen) atoms. The monoisotopic (exact) mass is 336 g/mol. The van der Waals surface area contributed by atoms with Crippen LogP contribution in [-0.2, 0) is 17.6 Å². The van der Waals surface area contributed by atoms with Crippen LogP contribution in [0.3, 0.4) is 0 Å². The first-order valence-corrected chi connectivity index (χ1v) is 8.47. The number of aliphatic hydroxyl groups excluding tert-OH is 1. The number of likely N-dealkylation sites (tertiary alicyclic amines) is 1. The third kappa shape index (κ3) is 3.39. The van der Waals surface area contributed by atoms with E-state index in [0.717, 1.165) is 22.3 Å². The lowest BCUT2D eigenvalue weighted by Crippen LogP contribution is -2.31. The number of H-pyrrole nitrogens is 1. The number of hydrogen-bond acceptors (Lipinski definition) is 4. The fourth-order valence-electron chi connectivity index (χ4n) is 3.41. The van der Waals surface area contributed by atoms with Gasteiger partial charge in [-0.25, -0.2) is 4.98 Å². The number of benzene rings is 1. The second-order valence-electron chi connectivity index (χ2n) is 6.58. The molecule has 0 unspecified atom stereocenters. The average molecular weight is 336 g/mol. The van der Waals surface area contributed by atoms with Crippen LogP contribution in [-0.4, -0.2) is 50.1 Å². The van der Waals surface area contributed by atoms with Crippen LogP contribution in [0.15, 0.2) is 48.9 Å². The molecule has 2 N–H and O–H groups in total. The van der Waals surface area contributed by atoms with Crippen LogP contribution in [0.5, 0.6) is 0 Å². The lowest BCUT2D eigenvalue weighted by molar-refractivity contribution is -0.129. The van der Waals surface area contributed by atoms with Crippen molar-refractivity contribution < 1.29 is 9.90 Å². The van der Waals surface area contributed by atoms with Crippen LogP contribution in [0, 0.1) is 5.92 Å². The Labute approximate surface area is 145 Å². The number of aromatic amines is 1. The highest BCUT2D eigenvalue weighted by Gasteiger charge is 2.34. The Balaban J connectivity index is 1.43. The van der Waals surface area contributed by atoms with E-state index in [0.29, 0.717) is 19.5 Å². The Kier molecular flexibility index (Phi) is 4.19. The molecule has 1 saturated heterocycles. The Bertz CT molecular complexity index is 878. The molecule has 0 bridgehead atoms. The first-order valence-electron chi connectivity index (χ1n) is 8.47. The van der Waals surface area contributed by atoms with Gasteiger partial charge in [0.15, 0.2) is 0 Å². The van der Waals surface area contributed by atoms with Gasteiger partial charge in [-0.2, -0.15) is 0 Å². The SMILES string of the molecule is O=C(Cc1cnc[nH]1)N1C[C@@H](Cc2ccc3ccccc3n2)[C@H](O)C1. The molecule has 0 saturated carbocycles. The molecule has 1 aliphatic rings. The second kappa shape index (κ2) is 6.64. The molecule has 3 aromatic rings. The highest BCUT2D eigenvalue weighted by molar-refractivity contribution is 5.79. The topological polar surface area (TPSA) is 82.1 Å². The predicted octanol–water partition coefficient (Wildman–Crippen LogP) is 1.56. The minimum Gasteiger partial charge on any atom is -0.391 e. The fourth-order valence-corrected chi connectivity index (χ4v) is 3.41. The molecule has 2 aromatic heterocycles. The number of carbonyl (C=O) groups excluding carboxylic acids is 1. The molecule has 3 heterocycles. The summed E-state index contributed by atoms with van der Waals surface area (Å²) in [4.78, 5) is 25.7. The number of aliphatic hydroxyl groups is 1. The summed E-state index contributed by atoms with van der Waals surface area (Å²) in [6, 6.07) is 12.0. The zero-order valence-corrected chi connectivity index (χ0v) is 13.8. The van der Waals surface area contributed by atoms with Gasteiger partial charge in [0.25, 0.3) is 0 Å². The van der Waals surface area contributed by atoms with Crippen molar-refractivity contribution in [2.24, 2.45) is 5.92 Å². The smallest absolute Gasteiger partial charge is 0.228 e. The molecule has 0 aliphatic carbocycles. The number of para-hydroxylation sites is 1. The molecule has 0 radical (unpaired) electrons. The van der Waals surface area contributed by atoms with Crippen molar-refractivity contribution >= 4 is 16.8 Å². The van der Waals surface area contributed by atoms with Crippen molar-refractivity contribution in [3.63, 3.8) is 0 Å².